The fraction of sp³-hybridized carbons (Fsp3) is 0.250. The number of benzene rings is 1. The normalized spacial score (nSPS) is 10.5. The molecular formula is C12H14N4O2. The number of nitro groups is 1. The topological polar surface area (TPSA) is 83.8 Å². The van der Waals surface area contributed by atoms with Gasteiger partial charge in [0.2, 0.25) is 0 Å². The molecule has 0 saturated heterocycles. The van der Waals surface area contributed by atoms with Crippen molar-refractivity contribution in [3.05, 3.63) is 57.7 Å². The zero-order chi connectivity index (χ0) is 13.0. The number of nitrogens with one attached hydrogen (secondary N) is 2. The van der Waals surface area contributed by atoms with Gasteiger partial charge < -0.3 is 10.3 Å². The highest BCUT2D eigenvalue weighted by molar-refractivity contribution is 5.44. The molecule has 0 spiro atoms. The molecule has 0 aliphatic heterocycles. The number of hydrogen-bond donors (Lipinski definition) is 2. The van der Waals surface area contributed by atoms with Gasteiger partial charge in [-0.2, -0.15) is 0 Å². The van der Waals surface area contributed by atoms with Crippen molar-refractivity contribution in [2.75, 3.05) is 0 Å². The Balaban J connectivity index is 2.01. The summed E-state index contributed by atoms with van der Waals surface area (Å²) in [5, 5.41) is 14.0. The van der Waals surface area contributed by atoms with E-state index in [1.807, 2.05) is 6.07 Å². The molecule has 0 radical (unpaired) electrons. The largest absolute Gasteiger partial charge is 0.348 e. The van der Waals surface area contributed by atoms with Gasteiger partial charge in [-0.25, -0.2) is 4.98 Å². The molecule has 6 nitrogen and oxygen atoms in total. The summed E-state index contributed by atoms with van der Waals surface area (Å²) < 4.78 is 0. The molecule has 0 bridgehead atoms. The second kappa shape index (κ2) is 5.42. The molecule has 1 aromatic carbocycles. The van der Waals surface area contributed by atoms with Crippen LogP contribution in [0.2, 0.25) is 0 Å². The summed E-state index contributed by atoms with van der Waals surface area (Å²) >= 11 is 0. The number of aromatic amines is 1. The molecule has 0 fully saturated rings. The minimum atomic E-state index is -0.356. The van der Waals surface area contributed by atoms with E-state index in [2.05, 4.69) is 15.3 Å². The quantitative estimate of drug-likeness (QED) is 0.623. The maximum atomic E-state index is 10.8. The number of rotatable bonds is 5. The minimum Gasteiger partial charge on any atom is -0.348 e. The molecule has 2 rings (SSSR count). The van der Waals surface area contributed by atoms with Crippen LogP contribution in [0.5, 0.6) is 0 Å². The summed E-state index contributed by atoms with van der Waals surface area (Å²) in [7, 11) is 0. The molecule has 0 saturated carbocycles. The first kappa shape index (κ1) is 12.3. The van der Waals surface area contributed by atoms with Crippen molar-refractivity contribution < 1.29 is 4.92 Å². The van der Waals surface area contributed by atoms with Gasteiger partial charge in [0.1, 0.15) is 5.82 Å². The minimum absolute atomic E-state index is 0.160. The lowest BCUT2D eigenvalue weighted by molar-refractivity contribution is -0.385. The summed E-state index contributed by atoms with van der Waals surface area (Å²) in [6.07, 6.45) is 3.45. The van der Waals surface area contributed by atoms with Gasteiger partial charge in [-0.05, 0) is 12.5 Å². The van der Waals surface area contributed by atoms with Gasteiger partial charge in [0.15, 0.2) is 0 Å². The Morgan fingerprint density at radius 3 is 2.94 bits per heavy atom. The molecular weight excluding hydrogens is 232 g/mol. The summed E-state index contributed by atoms with van der Waals surface area (Å²) in [4.78, 5) is 17.5. The van der Waals surface area contributed by atoms with Crippen LogP contribution in [-0.2, 0) is 13.1 Å². The van der Waals surface area contributed by atoms with Crippen molar-refractivity contribution in [3.63, 3.8) is 0 Å². The Kier molecular flexibility index (Phi) is 3.69. The third-order valence-corrected chi connectivity index (χ3v) is 2.78. The highest BCUT2D eigenvalue weighted by atomic mass is 16.6. The average molecular weight is 246 g/mol. The maximum absolute atomic E-state index is 10.8. The van der Waals surface area contributed by atoms with E-state index >= 15 is 0 Å². The predicted octanol–water partition coefficient (Wildman–Crippen LogP) is 1.92. The van der Waals surface area contributed by atoms with E-state index in [0.29, 0.717) is 18.7 Å². The molecule has 1 aromatic heterocycles. The second-order valence-electron chi connectivity index (χ2n) is 3.96. The number of aromatic nitrogens is 2. The number of nitro benzene ring substituents is 1. The number of H-pyrrole nitrogens is 1. The van der Waals surface area contributed by atoms with Crippen LogP contribution in [0.15, 0.2) is 30.6 Å². The number of nitrogens with zero attached hydrogens (tertiary/aromatic N) is 2. The van der Waals surface area contributed by atoms with E-state index in [1.165, 1.54) is 6.07 Å². The van der Waals surface area contributed by atoms with Crippen LogP contribution in [0.25, 0.3) is 0 Å². The van der Waals surface area contributed by atoms with Gasteiger partial charge in [0.25, 0.3) is 5.69 Å². The standard InChI is InChI=1S/C12H14N4O2/c1-9-10(3-2-4-11(9)16(17)18)7-13-8-12-14-5-6-15-12/h2-6,13H,7-8H2,1H3,(H,14,15). The highest BCUT2D eigenvalue weighted by Crippen LogP contribution is 2.20. The SMILES string of the molecule is Cc1c(CNCc2ncc[nH]2)cccc1[N+](=O)[O-]. The Labute approximate surface area is 104 Å². The van der Waals surface area contributed by atoms with E-state index in [-0.39, 0.29) is 10.6 Å². The summed E-state index contributed by atoms with van der Waals surface area (Å²) in [5.41, 5.74) is 1.79. The zero-order valence-corrected chi connectivity index (χ0v) is 10.0. The van der Waals surface area contributed by atoms with E-state index < -0.39 is 0 Å². The Hall–Kier alpha value is -2.21. The lowest BCUT2D eigenvalue weighted by atomic mass is 10.1. The van der Waals surface area contributed by atoms with Gasteiger partial charge in [-0.1, -0.05) is 12.1 Å². The fourth-order valence-corrected chi connectivity index (χ4v) is 1.77. The zero-order valence-electron chi connectivity index (χ0n) is 10.0. The maximum Gasteiger partial charge on any atom is 0.272 e. The van der Waals surface area contributed by atoms with Crippen LogP contribution in [0, 0.1) is 17.0 Å². The summed E-state index contributed by atoms with van der Waals surface area (Å²) in [6.45, 7) is 2.95. The van der Waals surface area contributed by atoms with Gasteiger partial charge in [0, 0.05) is 30.6 Å². The van der Waals surface area contributed by atoms with E-state index in [9.17, 15) is 10.1 Å². The first-order valence-corrected chi connectivity index (χ1v) is 5.60. The van der Waals surface area contributed by atoms with Crippen molar-refractivity contribution >= 4 is 5.69 Å². The van der Waals surface area contributed by atoms with Crippen molar-refractivity contribution in [1.82, 2.24) is 15.3 Å². The molecule has 94 valence electrons. The first-order valence-electron chi connectivity index (χ1n) is 5.60. The molecule has 2 aromatic rings. The summed E-state index contributed by atoms with van der Waals surface area (Å²) in [6, 6.07) is 5.11. The first-order chi connectivity index (χ1) is 8.68. The molecule has 0 atom stereocenters. The lowest BCUT2D eigenvalue weighted by Gasteiger charge is -2.07. The lowest BCUT2D eigenvalue weighted by Crippen LogP contribution is -2.14. The van der Waals surface area contributed by atoms with Crippen molar-refractivity contribution in [3.8, 4) is 0 Å². The van der Waals surface area contributed by atoms with Crippen LogP contribution in [0.3, 0.4) is 0 Å². The van der Waals surface area contributed by atoms with Gasteiger partial charge in [-0.3, -0.25) is 10.1 Å². The van der Waals surface area contributed by atoms with E-state index in [1.54, 1.807) is 25.4 Å². The van der Waals surface area contributed by atoms with Gasteiger partial charge >= 0.3 is 0 Å². The van der Waals surface area contributed by atoms with E-state index in [0.717, 1.165) is 11.4 Å². The smallest absolute Gasteiger partial charge is 0.272 e. The molecule has 0 unspecified atom stereocenters. The molecule has 0 amide bonds. The molecule has 2 N–H and O–H groups in total. The third kappa shape index (κ3) is 2.72. The van der Waals surface area contributed by atoms with Crippen molar-refractivity contribution in [2.45, 2.75) is 20.0 Å². The highest BCUT2D eigenvalue weighted by Gasteiger charge is 2.12. The van der Waals surface area contributed by atoms with Gasteiger partial charge in [0.05, 0.1) is 11.5 Å². The van der Waals surface area contributed by atoms with Crippen LogP contribution >= 0.6 is 0 Å². The van der Waals surface area contributed by atoms with Crippen molar-refractivity contribution in [2.24, 2.45) is 0 Å². The number of hydrogen-bond acceptors (Lipinski definition) is 4. The monoisotopic (exact) mass is 246 g/mol. The second-order valence-corrected chi connectivity index (χ2v) is 3.96. The molecule has 0 aliphatic rings. The number of imidazole rings is 1. The Morgan fingerprint density at radius 2 is 2.28 bits per heavy atom. The Morgan fingerprint density at radius 1 is 1.44 bits per heavy atom. The van der Waals surface area contributed by atoms with E-state index in [4.69, 9.17) is 0 Å². The molecule has 1 heterocycles. The van der Waals surface area contributed by atoms with Crippen LogP contribution < -0.4 is 5.32 Å². The van der Waals surface area contributed by atoms with Crippen molar-refractivity contribution in [1.29, 1.82) is 0 Å². The average Bonchev–Trinajstić information content (AvgIpc) is 2.84. The fourth-order valence-electron chi connectivity index (χ4n) is 1.77. The molecule has 6 heteroatoms. The predicted molar refractivity (Wildman–Crippen MR) is 67.0 cm³/mol. The van der Waals surface area contributed by atoms with Gasteiger partial charge in [-0.15, -0.1) is 0 Å². The summed E-state index contributed by atoms with van der Waals surface area (Å²) in [5.74, 6) is 0.845. The molecule has 18 heavy (non-hydrogen) atoms. The Bertz CT molecular complexity index is 537. The third-order valence-electron chi connectivity index (χ3n) is 2.78. The van der Waals surface area contributed by atoms with Crippen LogP contribution in [0.1, 0.15) is 17.0 Å². The van der Waals surface area contributed by atoms with Crippen LogP contribution in [0.4, 0.5) is 5.69 Å². The molecule has 0 aliphatic carbocycles. The van der Waals surface area contributed by atoms with Crippen LogP contribution in [-0.4, -0.2) is 14.9 Å².